The van der Waals surface area contributed by atoms with E-state index in [1.165, 1.54) is 6.92 Å². The minimum absolute atomic E-state index is 0.107. The normalized spacial score (nSPS) is 37.1. The molecule has 0 radical (unpaired) electrons. The minimum atomic E-state index is -1.65. The molecule has 1 saturated heterocycles. The van der Waals surface area contributed by atoms with E-state index < -0.39 is 61.1 Å². The predicted molar refractivity (Wildman–Crippen MR) is 82.5 cm³/mol. The molecule has 1 aromatic carbocycles. The van der Waals surface area contributed by atoms with E-state index in [1.807, 2.05) is 0 Å². The number of ether oxygens (including phenoxy) is 3. The summed E-state index contributed by atoms with van der Waals surface area (Å²) in [7, 11) is 0. The number of benzene rings is 1. The van der Waals surface area contributed by atoms with Crippen molar-refractivity contribution in [2.24, 2.45) is 5.92 Å². The number of ketones is 1. The van der Waals surface area contributed by atoms with Crippen LogP contribution in [-0.2, 0) is 9.47 Å². The first-order chi connectivity index (χ1) is 12.2. The maximum Gasteiger partial charge on any atom is 0.212 e. The average molecular weight is 372 g/mol. The van der Waals surface area contributed by atoms with E-state index in [4.69, 9.17) is 14.2 Å². The fraction of sp³-hybridized carbons (Fsp3) is 0.562. The molecule has 0 aromatic heterocycles. The summed E-state index contributed by atoms with van der Waals surface area (Å²) in [5, 5.41) is 58.2. The van der Waals surface area contributed by atoms with E-state index in [-0.39, 0.29) is 17.1 Å². The summed E-state index contributed by atoms with van der Waals surface area (Å²) in [4.78, 5) is 12.5. The van der Waals surface area contributed by atoms with Gasteiger partial charge in [0, 0.05) is 12.1 Å². The highest BCUT2D eigenvalue weighted by molar-refractivity contribution is 6.03. The highest BCUT2D eigenvalue weighted by atomic mass is 16.8. The van der Waals surface area contributed by atoms with Crippen LogP contribution in [0.5, 0.6) is 17.2 Å². The van der Waals surface area contributed by atoms with Gasteiger partial charge in [-0.1, -0.05) is 0 Å². The third-order valence-electron chi connectivity index (χ3n) is 4.49. The summed E-state index contributed by atoms with van der Waals surface area (Å²) in [6, 6.07) is 2.13. The van der Waals surface area contributed by atoms with Gasteiger partial charge in [-0.25, -0.2) is 0 Å². The lowest BCUT2D eigenvalue weighted by molar-refractivity contribution is -0.331. The summed E-state index contributed by atoms with van der Waals surface area (Å²) in [6.45, 7) is 0.835. The second-order valence-electron chi connectivity index (χ2n) is 6.31. The molecule has 0 saturated carbocycles. The quantitative estimate of drug-likeness (QED) is 0.366. The second-order valence-corrected chi connectivity index (χ2v) is 6.31. The van der Waals surface area contributed by atoms with Crippen molar-refractivity contribution in [2.75, 3.05) is 6.61 Å². The Balaban J connectivity index is 1.83. The van der Waals surface area contributed by atoms with Crippen LogP contribution in [0, 0.1) is 5.92 Å². The van der Waals surface area contributed by atoms with Crippen molar-refractivity contribution < 1.29 is 49.6 Å². The Hall–Kier alpha value is -1.95. The molecule has 10 nitrogen and oxygen atoms in total. The average Bonchev–Trinajstić information content (AvgIpc) is 2.59. The summed E-state index contributed by atoms with van der Waals surface area (Å²) >= 11 is 0. The molecule has 6 N–H and O–H groups in total. The van der Waals surface area contributed by atoms with Crippen LogP contribution < -0.4 is 4.74 Å². The van der Waals surface area contributed by atoms with Crippen LogP contribution >= 0.6 is 0 Å². The number of phenolic OH excluding ortho intramolecular Hbond substituents is 2. The molecule has 0 amide bonds. The molecule has 2 heterocycles. The first-order valence-electron chi connectivity index (χ1n) is 7.97. The van der Waals surface area contributed by atoms with Gasteiger partial charge in [0.25, 0.3) is 0 Å². The van der Waals surface area contributed by atoms with Crippen molar-refractivity contribution in [3.05, 3.63) is 17.7 Å². The van der Waals surface area contributed by atoms with Crippen LogP contribution in [0.15, 0.2) is 12.1 Å². The lowest BCUT2D eigenvalue weighted by Gasteiger charge is -2.42. The Labute approximate surface area is 147 Å². The molecule has 2 aliphatic heterocycles. The molecule has 0 bridgehead atoms. The number of carbonyl (C=O) groups is 1. The van der Waals surface area contributed by atoms with Crippen molar-refractivity contribution in [2.45, 2.75) is 43.9 Å². The number of fused-ring (bicyclic) bond motifs is 1. The van der Waals surface area contributed by atoms with Crippen LogP contribution in [0.25, 0.3) is 0 Å². The van der Waals surface area contributed by atoms with E-state index in [0.717, 1.165) is 12.1 Å². The van der Waals surface area contributed by atoms with Gasteiger partial charge in [0.1, 0.15) is 47.2 Å². The maximum atomic E-state index is 12.5. The molecule has 0 spiro atoms. The smallest absolute Gasteiger partial charge is 0.212 e. The van der Waals surface area contributed by atoms with E-state index >= 15 is 0 Å². The van der Waals surface area contributed by atoms with Crippen molar-refractivity contribution >= 4 is 5.78 Å². The van der Waals surface area contributed by atoms with Crippen molar-refractivity contribution in [1.29, 1.82) is 0 Å². The molecule has 26 heavy (non-hydrogen) atoms. The number of carbonyl (C=O) groups excluding carboxylic acids is 1. The number of aromatic hydroxyl groups is 2. The third kappa shape index (κ3) is 3.11. The van der Waals surface area contributed by atoms with Crippen LogP contribution in [0.4, 0.5) is 0 Å². The van der Waals surface area contributed by atoms with Gasteiger partial charge >= 0.3 is 0 Å². The Morgan fingerprint density at radius 1 is 1.08 bits per heavy atom. The molecule has 0 unspecified atom stereocenters. The lowest BCUT2D eigenvalue weighted by Crippen LogP contribution is -2.60. The summed E-state index contributed by atoms with van der Waals surface area (Å²) in [5.41, 5.74) is -0.107. The zero-order valence-corrected chi connectivity index (χ0v) is 13.7. The second kappa shape index (κ2) is 6.99. The summed E-state index contributed by atoms with van der Waals surface area (Å²) in [5.74, 6) is -2.30. The minimum Gasteiger partial charge on any atom is -0.508 e. The number of Topliss-reactive ketones (excluding diaryl/α,β-unsaturated/α-hetero) is 1. The lowest BCUT2D eigenvalue weighted by atomic mass is 9.94. The van der Waals surface area contributed by atoms with Gasteiger partial charge in [-0.3, -0.25) is 4.79 Å². The van der Waals surface area contributed by atoms with E-state index in [1.54, 1.807) is 0 Å². The Bertz CT molecular complexity index is 690. The van der Waals surface area contributed by atoms with E-state index in [9.17, 15) is 35.4 Å². The van der Waals surface area contributed by atoms with Crippen molar-refractivity contribution in [3.8, 4) is 17.2 Å². The molecule has 1 aromatic rings. The highest BCUT2D eigenvalue weighted by Gasteiger charge is 2.47. The number of aliphatic hydroxyl groups is 4. The Kier molecular flexibility index (Phi) is 5.06. The first-order valence-corrected chi connectivity index (χ1v) is 7.97. The van der Waals surface area contributed by atoms with Gasteiger partial charge < -0.3 is 44.8 Å². The highest BCUT2D eigenvalue weighted by Crippen LogP contribution is 2.40. The fourth-order valence-electron chi connectivity index (χ4n) is 2.96. The molecular weight excluding hydrogens is 352 g/mol. The van der Waals surface area contributed by atoms with Gasteiger partial charge in [0.2, 0.25) is 6.29 Å². The molecule has 7 atom stereocenters. The molecule has 1 fully saturated rings. The topological polar surface area (TPSA) is 166 Å². The third-order valence-corrected chi connectivity index (χ3v) is 4.49. The van der Waals surface area contributed by atoms with Gasteiger partial charge in [-0.15, -0.1) is 0 Å². The number of hydrogen-bond donors (Lipinski definition) is 6. The largest absolute Gasteiger partial charge is 0.508 e. The molecule has 2 aliphatic rings. The molecular formula is C16H20O10. The zero-order chi connectivity index (χ0) is 19.2. The Morgan fingerprint density at radius 3 is 2.42 bits per heavy atom. The number of hydrogen-bond acceptors (Lipinski definition) is 10. The van der Waals surface area contributed by atoms with Gasteiger partial charge in [-0.2, -0.15) is 0 Å². The summed E-state index contributed by atoms with van der Waals surface area (Å²) < 4.78 is 16.2. The fourth-order valence-corrected chi connectivity index (χ4v) is 2.96. The first kappa shape index (κ1) is 18.8. The van der Waals surface area contributed by atoms with Gasteiger partial charge in [0.05, 0.1) is 12.5 Å². The molecule has 10 heteroatoms. The summed E-state index contributed by atoms with van der Waals surface area (Å²) in [6.07, 6.45) is -8.77. The number of aliphatic hydroxyl groups excluding tert-OH is 4. The zero-order valence-electron chi connectivity index (χ0n) is 13.7. The predicted octanol–water partition coefficient (Wildman–Crippen LogP) is -1.55. The molecule has 0 aliphatic carbocycles. The van der Waals surface area contributed by atoms with Crippen LogP contribution in [0.3, 0.4) is 0 Å². The number of phenols is 2. The number of rotatable bonds is 3. The SMILES string of the molecule is C[C@@H]1C(=O)c2c(O)cc(O)cc2O[C@H]1O[C@@H]1O[C@H](CO)[C@@H](O)[C@H](O)[C@H]1O. The van der Waals surface area contributed by atoms with Gasteiger partial charge in [-0.05, 0) is 6.92 Å². The maximum absolute atomic E-state index is 12.5. The van der Waals surface area contributed by atoms with Crippen molar-refractivity contribution in [3.63, 3.8) is 0 Å². The van der Waals surface area contributed by atoms with Crippen LogP contribution in [0.1, 0.15) is 17.3 Å². The van der Waals surface area contributed by atoms with E-state index in [0.29, 0.717) is 0 Å². The van der Waals surface area contributed by atoms with E-state index in [2.05, 4.69) is 0 Å². The molecule has 3 rings (SSSR count). The monoisotopic (exact) mass is 372 g/mol. The standard InChI is InChI=1S/C16H20O10/c1-5-11(20)10-7(19)2-6(18)3-8(10)24-15(5)26-16-14(23)13(22)12(21)9(4-17)25-16/h2-3,5,9,12-19,21-23H,4H2,1H3/t5-,9-,12-,13+,14-,15+,16+/m1/s1. The van der Waals surface area contributed by atoms with Gasteiger partial charge in [0.15, 0.2) is 12.1 Å². The van der Waals surface area contributed by atoms with Crippen molar-refractivity contribution in [1.82, 2.24) is 0 Å². The Morgan fingerprint density at radius 2 is 1.77 bits per heavy atom. The van der Waals surface area contributed by atoms with Crippen LogP contribution in [-0.4, -0.2) is 80.0 Å². The molecule has 144 valence electrons. The van der Waals surface area contributed by atoms with Crippen LogP contribution in [0.2, 0.25) is 0 Å².